The van der Waals surface area contributed by atoms with Crippen LogP contribution >= 0.6 is 12.4 Å². The number of hydrogen-bond donors (Lipinski definition) is 0. The number of hydrogen-bond acceptors (Lipinski definition) is 3. The molecule has 5 aromatic rings. The van der Waals surface area contributed by atoms with E-state index >= 15 is 0 Å². The molecule has 0 saturated carbocycles. The second kappa shape index (κ2) is 10.6. The highest BCUT2D eigenvalue weighted by molar-refractivity contribution is 5.85. The average Bonchev–Trinajstić information content (AvgIpc) is 3.29. The van der Waals surface area contributed by atoms with Gasteiger partial charge in [-0.1, -0.05) is 66.7 Å². The summed E-state index contributed by atoms with van der Waals surface area (Å²) in [6.07, 6.45) is 3.30. The number of fused-ring (bicyclic) bond motifs is 1. The topological polar surface area (TPSA) is 50.8 Å². The van der Waals surface area contributed by atoms with Gasteiger partial charge in [0.25, 0.3) is 0 Å². The number of aryl methyl sites for hydroxylation is 2. The van der Waals surface area contributed by atoms with Crippen LogP contribution in [0.15, 0.2) is 97.5 Å². The van der Waals surface area contributed by atoms with E-state index in [1.807, 2.05) is 48.1 Å². The van der Waals surface area contributed by atoms with Crippen LogP contribution in [0.5, 0.6) is 0 Å². The van der Waals surface area contributed by atoms with Crippen molar-refractivity contribution in [3.05, 3.63) is 125 Å². The van der Waals surface area contributed by atoms with Crippen molar-refractivity contribution in [2.24, 2.45) is 7.05 Å². The summed E-state index contributed by atoms with van der Waals surface area (Å²) in [6, 6.07) is 31.2. The average molecular weight is 480 g/mol. The van der Waals surface area contributed by atoms with Gasteiger partial charge in [-0.25, -0.2) is 4.98 Å². The SMILES string of the molecule is Cc1ccccc1-c1cc(C(OCc2ccc3ccccc3c2)c2cncn2C)ccc1C#N.Cl. The van der Waals surface area contributed by atoms with Crippen molar-refractivity contribution in [1.29, 1.82) is 5.26 Å². The molecule has 0 bridgehead atoms. The highest BCUT2D eigenvalue weighted by Gasteiger charge is 2.21. The van der Waals surface area contributed by atoms with Gasteiger partial charge in [0.05, 0.1) is 36.5 Å². The Morgan fingerprint density at radius 2 is 1.69 bits per heavy atom. The number of imidazole rings is 1. The lowest BCUT2D eigenvalue weighted by atomic mass is 9.93. The highest BCUT2D eigenvalue weighted by atomic mass is 35.5. The summed E-state index contributed by atoms with van der Waals surface area (Å²) in [6.45, 7) is 2.53. The van der Waals surface area contributed by atoms with Gasteiger partial charge in [-0.2, -0.15) is 5.26 Å². The van der Waals surface area contributed by atoms with Crippen LogP contribution in [-0.4, -0.2) is 9.55 Å². The number of benzene rings is 4. The predicted octanol–water partition coefficient (Wildman–Crippen LogP) is 7.15. The zero-order valence-electron chi connectivity index (χ0n) is 19.7. The quantitative estimate of drug-likeness (QED) is 0.260. The maximum Gasteiger partial charge on any atom is 0.124 e. The van der Waals surface area contributed by atoms with Crippen molar-refractivity contribution >= 4 is 23.2 Å². The zero-order chi connectivity index (χ0) is 23.5. The van der Waals surface area contributed by atoms with E-state index in [4.69, 9.17) is 4.74 Å². The fourth-order valence-corrected chi connectivity index (χ4v) is 4.40. The molecule has 0 aliphatic heterocycles. The molecular weight excluding hydrogens is 454 g/mol. The molecule has 0 spiro atoms. The van der Waals surface area contributed by atoms with Crippen LogP contribution in [0.25, 0.3) is 21.9 Å². The van der Waals surface area contributed by atoms with Gasteiger partial charge in [0, 0.05) is 12.6 Å². The number of ether oxygens (including phenoxy) is 1. The minimum absolute atomic E-state index is 0. The molecule has 4 aromatic carbocycles. The first-order valence-electron chi connectivity index (χ1n) is 11.3. The van der Waals surface area contributed by atoms with E-state index in [0.29, 0.717) is 12.2 Å². The minimum atomic E-state index is -0.325. The first-order valence-corrected chi connectivity index (χ1v) is 11.3. The monoisotopic (exact) mass is 479 g/mol. The van der Waals surface area contributed by atoms with Crippen molar-refractivity contribution in [1.82, 2.24) is 9.55 Å². The van der Waals surface area contributed by atoms with Crippen molar-refractivity contribution in [3.63, 3.8) is 0 Å². The van der Waals surface area contributed by atoms with E-state index in [2.05, 4.69) is 72.6 Å². The molecular formula is C30H26ClN3O. The molecule has 0 N–H and O–H groups in total. The van der Waals surface area contributed by atoms with Gasteiger partial charge in [0.2, 0.25) is 0 Å². The van der Waals surface area contributed by atoms with Crippen molar-refractivity contribution < 1.29 is 4.74 Å². The summed E-state index contributed by atoms with van der Waals surface area (Å²) in [5.74, 6) is 0. The molecule has 5 rings (SSSR count). The van der Waals surface area contributed by atoms with Crippen molar-refractivity contribution in [3.8, 4) is 17.2 Å². The summed E-state index contributed by atoms with van der Waals surface area (Å²) < 4.78 is 8.52. The molecule has 0 aliphatic rings. The highest BCUT2D eigenvalue weighted by Crippen LogP contribution is 2.33. The summed E-state index contributed by atoms with van der Waals surface area (Å²) >= 11 is 0. The summed E-state index contributed by atoms with van der Waals surface area (Å²) in [5, 5.41) is 12.2. The lowest BCUT2D eigenvalue weighted by Crippen LogP contribution is -2.11. The van der Waals surface area contributed by atoms with Gasteiger partial charge in [0.1, 0.15) is 6.10 Å². The zero-order valence-corrected chi connectivity index (χ0v) is 20.5. The Morgan fingerprint density at radius 1 is 0.914 bits per heavy atom. The van der Waals surface area contributed by atoms with Crippen molar-refractivity contribution in [2.75, 3.05) is 0 Å². The molecule has 1 heterocycles. The Bertz CT molecular complexity index is 1520. The molecule has 174 valence electrons. The van der Waals surface area contributed by atoms with Gasteiger partial charge >= 0.3 is 0 Å². The van der Waals surface area contributed by atoms with Gasteiger partial charge in [-0.3, -0.25) is 0 Å². The smallest absolute Gasteiger partial charge is 0.124 e. The van der Waals surface area contributed by atoms with E-state index < -0.39 is 0 Å². The van der Waals surface area contributed by atoms with Gasteiger partial charge in [-0.05, 0) is 58.1 Å². The summed E-state index contributed by atoms with van der Waals surface area (Å²) in [4.78, 5) is 4.32. The van der Waals surface area contributed by atoms with Crippen molar-refractivity contribution in [2.45, 2.75) is 19.6 Å². The Labute approximate surface area is 211 Å². The number of nitriles is 1. The van der Waals surface area contributed by atoms with Crippen LogP contribution in [0.2, 0.25) is 0 Å². The second-order valence-corrected chi connectivity index (χ2v) is 8.53. The molecule has 1 atom stereocenters. The maximum absolute atomic E-state index is 9.77. The predicted molar refractivity (Wildman–Crippen MR) is 142 cm³/mol. The lowest BCUT2D eigenvalue weighted by Gasteiger charge is -2.21. The lowest BCUT2D eigenvalue weighted by molar-refractivity contribution is 0.0623. The maximum atomic E-state index is 9.77. The van der Waals surface area contributed by atoms with Gasteiger partial charge < -0.3 is 9.30 Å². The molecule has 1 aromatic heterocycles. The molecule has 1 unspecified atom stereocenters. The molecule has 0 fully saturated rings. The Kier molecular flexibility index (Phi) is 7.31. The standard InChI is InChI=1S/C30H25N3O.ClH/c1-21-7-3-6-10-27(21)28-16-25(13-14-26(28)17-31)30(29-18-32-20-33(29)2)34-19-22-11-12-23-8-4-5-9-24(23)15-22;/h3-16,18,20,30H,19H2,1-2H3;1H. The number of rotatable bonds is 6. The van der Waals surface area contributed by atoms with E-state index in [-0.39, 0.29) is 18.5 Å². The van der Waals surface area contributed by atoms with Crippen LogP contribution in [-0.2, 0) is 18.4 Å². The third-order valence-electron chi connectivity index (χ3n) is 6.26. The second-order valence-electron chi connectivity index (χ2n) is 8.53. The first-order chi connectivity index (χ1) is 16.6. The first kappa shape index (κ1) is 24.2. The number of aromatic nitrogens is 2. The van der Waals surface area contributed by atoms with E-state index in [1.54, 1.807) is 6.33 Å². The number of halogens is 1. The Hall–Kier alpha value is -3.91. The summed E-state index contributed by atoms with van der Waals surface area (Å²) in [7, 11) is 1.97. The Balaban J connectivity index is 0.00000289. The third kappa shape index (κ3) is 4.97. The fraction of sp³-hybridized carbons (Fsp3) is 0.133. The molecule has 0 aliphatic carbocycles. The molecule has 5 heteroatoms. The van der Waals surface area contributed by atoms with Gasteiger partial charge in [-0.15, -0.1) is 12.4 Å². The normalized spacial score (nSPS) is 11.6. The van der Waals surface area contributed by atoms with Gasteiger partial charge in [0.15, 0.2) is 0 Å². The molecule has 0 amide bonds. The van der Waals surface area contributed by atoms with E-state index in [0.717, 1.165) is 33.5 Å². The van der Waals surface area contributed by atoms with Crippen LogP contribution in [0.3, 0.4) is 0 Å². The van der Waals surface area contributed by atoms with Crippen LogP contribution in [0, 0.1) is 18.3 Å². The van der Waals surface area contributed by atoms with Crippen LogP contribution in [0.4, 0.5) is 0 Å². The molecule has 35 heavy (non-hydrogen) atoms. The molecule has 0 saturated heterocycles. The minimum Gasteiger partial charge on any atom is -0.363 e. The number of nitrogens with zero attached hydrogens (tertiary/aromatic N) is 3. The molecule has 4 nitrogen and oxygen atoms in total. The third-order valence-corrected chi connectivity index (χ3v) is 6.26. The fourth-order valence-electron chi connectivity index (χ4n) is 4.40. The Morgan fingerprint density at radius 3 is 2.43 bits per heavy atom. The van der Waals surface area contributed by atoms with Crippen LogP contribution in [0.1, 0.15) is 34.1 Å². The summed E-state index contributed by atoms with van der Waals surface area (Å²) in [5.41, 5.74) is 6.81. The van der Waals surface area contributed by atoms with E-state index in [1.165, 1.54) is 10.8 Å². The largest absolute Gasteiger partial charge is 0.363 e. The van der Waals surface area contributed by atoms with E-state index in [9.17, 15) is 5.26 Å². The van der Waals surface area contributed by atoms with Crippen LogP contribution < -0.4 is 0 Å². The molecule has 0 radical (unpaired) electrons.